The van der Waals surface area contributed by atoms with Crippen molar-refractivity contribution in [2.45, 2.75) is 12.8 Å². The molecule has 1 N–H and O–H groups in total. The number of aromatic nitrogens is 1. The van der Waals surface area contributed by atoms with Crippen LogP contribution in [0, 0.1) is 11.3 Å². The van der Waals surface area contributed by atoms with Crippen molar-refractivity contribution < 1.29 is 5.11 Å². The van der Waals surface area contributed by atoms with E-state index in [4.69, 9.17) is 5.26 Å². The number of pyridine rings is 1. The zero-order valence-electron chi connectivity index (χ0n) is 6.99. The van der Waals surface area contributed by atoms with Crippen LogP contribution in [0.1, 0.15) is 23.2 Å². The molecule has 0 spiro atoms. The van der Waals surface area contributed by atoms with Gasteiger partial charge in [-0.2, -0.15) is 5.26 Å². The number of allylic oxidation sites excluding steroid dienone is 1. The third-order valence-electron chi connectivity index (χ3n) is 2.14. The van der Waals surface area contributed by atoms with E-state index in [9.17, 15) is 5.11 Å². The molecule has 0 aromatic carbocycles. The average molecular weight is 172 g/mol. The molecule has 0 unspecified atom stereocenters. The molecular formula is C10H8N2O. The summed E-state index contributed by atoms with van der Waals surface area (Å²) in [5, 5.41) is 18.3. The third-order valence-corrected chi connectivity index (χ3v) is 2.14. The summed E-state index contributed by atoms with van der Waals surface area (Å²) in [6.07, 6.45) is 6.96. The molecule has 64 valence electrons. The normalized spacial score (nSPS) is 13.5. The Labute approximate surface area is 76.0 Å². The lowest BCUT2D eigenvalue weighted by Gasteiger charge is -2.11. The molecule has 0 radical (unpaired) electrons. The van der Waals surface area contributed by atoms with E-state index >= 15 is 0 Å². The minimum Gasteiger partial charge on any atom is -0.506 e. The van der Waals surface area contributed by atoms with Gasteiger partial charge >= 0.3 is 0 Å². The second kappa shape index (κ2) is 2.91. The standard InChI is InChI=1S/C10H8N2O/c11-5-7-6-12-9-4-2-1-3-8(9)10(7)13/h2,4,6H,1,3H2,(H,12,13). The number of nitriles is 1. The predicted molar refractivity (Wildman–Crippen MR) is 48.0 cm³/mol. The summed E-state index contributed by atoms with van der Waals surface area (Å²) < 4.78 is 0. The summed E-state index contributed by atoms with van der Waals surface area (Å²) in [7, 11) is 0. The molecular weight excluding hydrogens is 164 g/mol. The fourth-order valence-electron chi connectivity index (χ4n) is 1.45. The van der Waals surface area contributed by atoms with Gasteiger partial charge in [-0.05, 0) is 18.9 Å². The van der Waals surface area contributed by atoms with Crippen molar-refractivity contribution in [1.82, 2.24) is 4.98 Å². The Kier molecular flexibility index (Phi) is 1.75. The minimum absolute atomic E-state index is 0.0943. The molecule has 1 aromatic rings. The number of hydrogen-bond acceptors (Lipinski definition) is 3. The first-order valence-corrected chi connectivity index (χ1v) is 4.10. The number of nitrogens with zero attached hydrogens (tertiary/aromatic N) is 2. The van der Waals surface area contributed by atoms with Crippen LogP contribution in [-0.2, 0) is 6.42 Å². The van der Waals surface area contributed by atoms with Crippen LogP contribution in [0.4, 0.5) is 0 Å². The zero-order chi connectivity index (χ0) is 9.26. The Balaban J connectivity index is 2.65. The van der Waals surface area contributed by atoms with Crippen LogP contribution in [0.2, 0.25) is 0 Å². The zero-order valence-corrected chi connectivity index (χ0v) is 6.99. The van der Waals surface area contributed by atoms with Crippen LogP contribution < -0.4 is 0 Å². The van der Waals surface area contributed by atoms with Gasteiger partial charge in [-0.25, -0.2) is 0 Å². The van der Waals surface area contributed by atoms with Crippen molar-refractivity contribution in [2.75, 3.05) is 0 Å². The van der Waals surface area contributed by atoms with Gasteiger partial charge in [0.05, 0.1) is 5.69 Å². The Morgan fingerprint density at radius 3 is 3.15 bits per heavy atom. The number of aromatic hydroxyl groups is 1. The molecule has 0 atom stereocenters. The first kappa shape index (κ1) is 7.81. The Hall–Kier alpha value is -1.82. The fourth-order valence-corrected chi connectivity index (χ4v) is 1.45. The second-order valence-electron chi connectivity index (χ2n) is 2.94. The number of fused-ring (bicyclic) bond motifs is 1. The summed E-state index contributed by atoms with van der Waals surface area (Å²) in [5.41, 5.74) is 1.83. The fraction of sp³-hybridized carbons (Fsp3) is 0.200. The van der Waals surface area contributed by atoms with E-state index in [1.165, 1.54) is 6.20 Å². The maximum absolute atomic E-state index is 9.64. The SMILES string of the molecule is N#Cc1cnc2c(c1O)CCC=C2. The van der Waals surface area contributed by atoms with Gasteiger partial charge < -0.3 is 5.11 Å². The summed E-state index contributed by atoms with van der Waals surface area (Å²) in [6.45, 7) is 0. The predicted octanol–water partition coefficient (Wildman–Crippen LogP) is 1.62. The topological polar surface area (TPSA) is 56.9 Å². The van der Waals surface area contributed by atoms with Gasteiger partial charge in [0.25, 0.3) is 0 Å². The molecule has 0 aliphatic heterocycles. The highest BCUT2D eigenvalue weighted by Gasteiger charge is 2.13. The van der Waals surface area contributed by atoms with E-state index < -0.39 is 0 Å². The number of rotatable bonds is 0. The lowest BCUT2D eigenvalue weighted by molar-refractivity contribution is 0.464. The van der Waals surface area contributed by atoms with E-state index in [1.54, 1.807) is 0 Å². The molecule has 1 aliphatic rings. The molecule has 13 heavy (non-hydrogen) atoms. The molecule has 3 nitrogen and oxygen atoms in total. The largest absolute Gasteiger partial charge is 0.506 e. The monoisotopic (exact) mass is 172 g/mol. The first-order valence-electron chi connectivity index (χ1n) is 4.10. The van der Waals surface area contributed by atoms with E-state index in [0.29, 0.717) is 0 Å². The summed E-state index contributed by atoms with van der Waals surface area (Å²) in [5.74, 6) is 0.0943. The molecule has 3 heteroatoms. The molecule has 1 aliphatic carbocycles. The van der Waals surface area contributed by atoms with E-state index in [-0.39, 0.29) is 11.3 Å². The molecule has 1 aromatic heterocycles. The van der Waals surface area contributed by atoms with Crippen molar-refractivity contribution in [3.8, 4) is 11.8 Å². The molecule has 0 bridgehead atoms. The highest BCUT2D eigenvalue weighted by molar-refractivity contribution is 5.59. The van der Waals surface area contributed by atoms with Crippen molar-refractivity contribution in [2.24, 2.45) is 0 Å². The van der Waals surface area contributed by atoms with Crippen LogP contribution in [-0.4, -0.2) is 10.1 Å². The third kappa shape index (κ3) is 1.17. The van der Waals surface area contributed by atoms with Crippen LogP contribution in [0.5, 0.6) is 5.75 Å². The van der Waals surface area contributed by atoms with Gasteiger partial charge in [0, 0.05) is 11.8 Å². The summed E-state index contributed by atoms with van der Waals surface area (Å²) in [4.78, 5) is 4.08. The quantitative estimate of drug-likeness (QED) is 0.646. The second-order valence-corrected chi connectivity index (χ2v) is 2.94. The molecule has 0 fully saturated rings. The molecule has 0 saturated carbocycles. The van der Waals surface area contributed by atoms with Crippen LogP contribution in [0.15, 0.2) is 12.3 Å². The highest BCUT2D eigenvalue weighted by atomic mass is 16.3. The van der Waals surface area contributed by atoms with Gasteiger partial charge in [-0.1, -0.05) is 6.08 Å². The lowest BCUT2D eigenvalue weighted by Crippen LogP contribution is -1.99. The average Bonchev–Trinajstić information content (AvgIpc) is 2.19. The Morgan fingerprint density at radius 1 is 1.54 bits per heavy atom. The maximum Gasteiger partial charge on any atom is 0.140 e. The van der Waals surface area contributed by atoms with E-state index in [2.05, 4.69) is 4.98 Å². The van der Waals surface area contributed by atoms with Crippen molar-refractivity contribution in [3.05, 3.63) is 29.1 Å². The van der Waals surface area contributed by atoms with Crippen LogP contribution in [0.25, 0.3) is 6.08 Å². The van der Waals surface area contributed by atoms with Gasteiger partial charge in [0.15, 0.2) is 0 Å². The van der Waals surface area contributed by atoms with E-state index in [1.807, 2.05) is 18.2 Å². The van der Waals surface area contributed by atoms with Gasteiger partial charge in [0.1, 0.15) is 17.4 Å². The first-order chi connectivity index (χ1) is 6.33. The van der Waals surface area contributed by atoms with Crippen LogP contribution >= 0.6 is 0 Å². The molecule has 0 saturated heterocycles. The minimum atomic E-state index is 0.0943. The molecule has 2 rings (SSSR count). The van der Waals surface area contributed by atoms with Gasteiger partial charge in [-0.3, -0.25) is 4.98 Å². The van der Waals surface area contributed by atoms with Crippen molar-refractivity contribution >= 4 is 6.08 Å². The van der Waals surface area contributed by atoms with Gasteiger partial charge in [0.2, 0.25) is 0 Å². The highest BCUT2D eigenvalue weighted by Crippen LogP contribution is 2.28. The summed E-state index contributed by atoms with van der Waals surface area (Å²) in [6, 6.07) is 1.91. The van der Waals surface area contributed by atoms with Gasteiger partial charge in [-0.15, -0.1) is 0 Å². The smallest absolute Gasteiger partial charge is 0.140 e. The Bertz CT molecular complexity index is 416. The molecule has 1 heterocycles. The summed E-state index contributed by atoms with van der Waals surface area (Å²) >= 11 is 0. The van der Waals surface area contributed by atoms with Crippen molar-refractivity contribution in [1.29, 1.82) is 5.26 Å². The van der Waals surface area contributed by atoms with Crippen LogP contribution in [0.3, 0.4) is 0 Å². The van der Waals surface area contributed by atoms with E-state index in [0.717, 1.165) is 24.1 Å². The maximum atomic E-state index is 9.64. The lowest BCUT2D eigenvalue weighted by atomic mass is 9.99. The molecule has 0 amide bonds. The number of hydrogen-bond donors (Lipinski definition) is 1. The van der Waals surface area contributed by atoms with Crippen molar-refractivity contribution in [3.63, 3.8) is 0 Å². The Morgan fingerprint density at radius 2 is 2.38 bits per heavy atom.